The van der Waals surface area contributed by atoms with Crippen LogP contribution in [0.25, 0.3) is 0 Å². The van der Waals surface area contributed by atoms with Crippen LogP contribution in [0.15, 0.2) is 12.3 Å². The minimum atomic E-state index is 0.277. The van der Waals surface area contributed by atoms with E-state index in [0.717, 1.165) is 5.92 Å². The molecule has 0 aromatic heterocycles. The Balaban J connectivity index is 2.65. The zero-order chi connectivity index (χ0) is 11.0. The summed E-state index contributed by atoms with van der Waals surface area (Å²) in [5.74, 6) is 0.737. The van der Waals surface area contributed by atoms with Gasteiger partial charge in [0, 0.05) is 12.1 Å². The first kappa shape index (κ1) is 11.6. The van der Waals surface area contributed by atoms with Gasteiger partial charge in [-0.25, -0.2) is 0 Å². The maximum Gasteiger partial charge on any atom is 0.0312 e. The lowest BCUT2D eigenvalue weighted by Gasteiger charge is -2.41. The molecule has 1 heteroatoms. The molecule has 0 fully saturated rings. The van der Waals surface area contributed by atoms with Crippen molar-refractivity contribution in [1.29, 1.82) is 0 Å². The van der Waals surface area contributed by atoms with Gasteiger partial charge >= 0.3 is 0 Å². The Bertz CT molecular complexity index is 190. The minimum Gasteiger partial charge on any atom is -0.373 e. The van der Waals surface area contributed by atoms with Crippen molar-refractivity contribution in [1.82, 2.24) is 4.90 Å². The standard InChI is InChI=1S/C13H25N/c1-12(2,3)11-7-9-14(10-8-11)13(4,5)6/h7,9,11H,8,10H2,1-6H3. The van der Waals surface area contributed by atoms with E-state index in [2.05, 4.69) is 58.7 Å². The summed E-state index contributed by atoms with van der Waals surface area (Å²) in [5.41, 5.74) is 0.694. The lowest BCUT2D eigenvalue weighted by atomic mass is 9.77. The van der Waals surface area contributed by atoms with Crippen molar-refractivity contribution < 1.29 is 0 Å². The third kappa shape index (κ3) is 2.76. The highest BCUT2D eigenvalue weighted by Crippen LogP contribution is 2.33. The quantitative estimate of drug-likeness (QED) is 0.570. The van der Waals surface area contributed by atoms with Gasteiger partial charge in [0.15, 0.2) is 0 Å². The predicted molar refractivity (Wildman–Crippen MR) is 63.2 cm³/mol. The molecular weight excluding hydrogens is 170 g/mol. The molecule has 0 aliphatic carbocycles. The Labute approximate surface area is 89.2 Å². The summed E-state index contributed by atoms with van der Waals surface area (Å²) in [6, 6.07) is 0. The van der Waals surface area contributed by atoms with Crippen LogP contribution in [0.4, 0.5) is 0 Å². The Morgan fingerprint density at radius 2 is 1.64 bits per heavy atom. The van der Waals surface area contributed by atoms with Gasteiger partial charge in [-0.15, -0.1) is 0 Å². The highest BCUT2D eigenvalue weighted by atomic mass is 15.2. The Morgan fingerprint density at radius 3 is 1.93 bits per heavy atom. The number of hydrogen-bond donors (Lipinski definition) is 0. The summed E-state index contributed by atoms with van der Waals surface area (Å²) in [7, 11) is 0. The molecule has 0 bridgehead atoms. The third-order valence-corrected chi connectivity index (χ3v) is 3.15. The molecule has 0 N–H and O–H groups in total. The van der Waals surface area contributed by atoms with Gasteiger partial charge in [-0.05, 0) is 44.7 Å². The maximum absolute atomic E-state index is 2.44. The highest BCUT2D eigenvalue weighted by Gasteiger charge is 2.28. The Hall–Kier alpha value is -0.460. The molecule has 1 heterocycles. The molecule has 1 aliphatic rings. The number of allylic oxidation sites excluding steroid dienone is 1. The summed E-state index contributed by atoms with van der Waals surface area (Å²) >= 11 is 0. The van der Waals surface area contributed by atoms with Crippen molar-refractivity contribution in [3.8, 4) is 0 Å². The maximum atomic E-state index is 2.44. The minimum absolute atomic E-state index is 0.277. The average molecular weight is 195 g/mol. The second-order valence-electron chi connectivity index (χ2n) is 6.47. The molecule has 1 atom stereocenters. The molecule has 0 saturated heterocycles. The molecule has 0 aromatic rings. The van der Waals surface area contributed by atoms with E-state index in [4.69, 9.17) is 0 Å². The van der Waals surface area contributed by atoms with E-state index in [1.807, 2.05) is 0 Å². The first-order valence-corrected chi connectivity index (χ1v) is 5.66. The first-order chi connectivity index (χ1) is 6.21. The third-order valence-electron chi connectivity index (χ3n) is 3.15. The van der Waals surface area contributed by atoms with Crippen molar-refractivity contribution in [2.24, 2.45) is 11.3 Å². The molecule has 0 spiro atoms. The monoisotopic (exact) mass is 195 g/mol. The van der Waals surface area contributed by atoms with Crippen molar-refractivity contribution in [2.45, 2.75) is 53.5 Å². The summed E-state index contributed by atoms with van der Waals surface area (Å²) in [5, 5.41) is 0. The number of hydrogen-bond acceptors (Lipinski definition) is 1. The molecule has 0 aromatic carbocycles. The molecule has 1 rings (SSSR count). The Morgan fingerprint density at radius 1 is 1.07 bits per heavy atom. The van der Waals surface area contributed by atoms with Gasteiger partial charge < -0.3 is 4.90 Å². The van der Waals surface area contributed by atoms with E-state index >= 15 is 0 Å². The van der Waals surface area contributed by atoms with Gasteiger partial charge in [0.2, 0.25) is 0 Å². The summed E-state index contributed by atoms with van der Waals surface area (Å²) < 4.78 is 0. The van der Waals surface area contributed by atoms with Crippen LogP contribution in [0.1, 0.15) is 48.0 Å². The van der Waals surface area contributed by atoms with E-state index in [0.29, 0.717) is 5.41 Å². The van der Waals surface area contributed by atoms with Crippen LogP contribution in [-0.2, 0) is 0 Å². The molecule has 14 heavy (non-hydrogen) atoms. The average Bonchev–Trinajstić information content (AvgIpc) is 2.01. The highest BCUT2D eigenvalue weighted by molar-refractivity contribution is 5.01. The molecule has 1 aliphatic heterocycles. The van der Waals surface area contributed by atoms with Crippen LogP contribution in [0.3, 0.4) is 0 Å². The van der Waals surface area contributed by atoms with Crippen LogP contribution in [0, 0.1) is 11.3 Å². The fourth-order valence-electron chi connectivity index (χ4n) is 1.94. The van der Waals surface area contributed by atoms with E-state index in [9.17, 15) is 0 Å². The van der Waals surface area contributed by atoms with E-state index in [1.54, 1.807) is 0 Å². The molecular formula is C13H25N. The predicted octanol–water partition coefficient (Wildman–Crippen LogP) is 3.67. The van der Waals surface area contributed by atoms with Crippen molar-refractivity contribution in [3.05, 3.63) is 12.3 Å². The van der Waals surface area contributed by atoms with Crippen LogP contribution in [0.2, 0.25) is 0 Å². The number of rotatable bonds is 0. The lowest BCUT2D eigenvalue weighted by molar-refractivity contribution is 0.154. The summed E-state index contributed by atoms with van der Waals surface area (Å²) in [6.45, 7) is 15.0. The molecule has 0 radical (unpaired) electrons. The van der Waals surface area contributed by atoms with Gasteiger partial charge in [0.1, 0.15) is 0 Å². The van der Waals surface area contributed by atoms with Crippen LogP contribution < -0.4 is 0 Å². The van der Waals surface area contributed by atoms with Crippen molar-refractivity contribution >= 4 is 0 Å². The van der Waals surface area contributed by atoms with Gasteiger partial charge in [0.25, 0.3) is 0 Å². The second-order valence-corrected chi connectivity index (χ2v) is 6.47. The summed E-state index contributed by atoms with van der Waals surface area (Å²) in [6.07, 6.45) is 5.96. The zero-order valence-corrected chi connectivity index (χ0v) is 10.6. The van der Waals surface area contributed by atoms with Crippen LogP contribution in [0.5, 0.6) is 0 Å². The summed E-state index contributed by atoms with van der Waals surface area (Å²) in [4.78, 5) is 2.44. The zero-order valence-electron chi connectivity index (χ0n) is 10.6. The first-order valence-electron chi connectivity index (χ1n) is 5.66. The molecule has 82 valence electrons. The van der Waals surface area contributed by atoms with E-state index in [1.165, 1.54) is 13.0 Å². The van der Waals surface area contributed by atoms with Crippen molar-refractivity contribution in [2.75, 3.05) is 6.54 Å². The van der Waals surface area contributed by atoms with Crippen molar-refractivity contribution in [3.63, 3.8) is 0 Å². The molecule has 0 amide bonds. The number of nitrogens with zero attached hydrogens (tertiary/aromatic N) is 1. The normalized spacial score (nSPS) is 24.1. The molecule has 1 nitrogen and oxygen atoms in total. The molecule has 1 unspecified atom stereocenters. The van der Waals surface area contributed by atoms with Gasteiger partial charge in [0.05, 0.1) is 0 Å². The molecule has 0 saturated carbocycles. The van der Waals surface area contributed by atoms with Gasteiger partial charge in [-0.1, -0.05) is 26.8 Å². The fraction of sp³-hybridized carbons (Fsp3) is 0.846. The topological polar surface area (TPSA) is 3.24 Å². The van der Waals surface area contributed by atoms with E-state index < -0.39 is 0 Å². The van der Waals surface area contributed by atoms with Crippen LogP contribution in [-0.4, -0.2) is 17.0 Å². The second kappa shape index (κ2) is 3.60. The largest absolute Gasteiger partial charge is 0.373 e. The Kier molecular flexibility index (Phi) is 2.99. The smallest absolute Gasteiger partial charge is 0.0312 e. The van der Waals surface area contributed by atoms with Crippen LogP contribution >= 0.6 is 0 Å². The van der Waals surface area contributed by atoms with E-state index in [-0.39, 0.29) is 5.54 Å². The SMILES string of the molecule is CC(C)(C)C1C=CN(C(C)(C)C)CC1. The van der Waals surface area contributed by atoms with Gasteiger partial charge in [-0.3, -0.25) is 0 Å². The fourth-order valence-corrected chi connectivity index (χ4v) is 1.94. The van der Waals surface area contributed by atoms with Gasteiger partial charge in [-0.2, -0.15) is 0 Å². The lowest BCUT2D eigenvalue weighted by Crippen LogP contribution is -2.41.